The van der Waals surface area contributed by atoms with Crippen molar-refractivity contribution >= 4 is 5.97 Å². The summed E-state index contributed by atoms with van der Waals surface area (Å²) in [7, 11) is 0. The predicted octanol–water partition coefficient (Wildman–Crippen LogP) is 8.03. The number of hydrogen-bond donors (Lipinski definition) is 1. The van der Waals surface area contributed by atoms with Gasteiger partial charge in [0.25, 0.3) is 0 Å². The lowest BCUT2D eigenvalue weighted by molar-refractivity contribution is -0.170. The molecule has 5 aliphatic rings. The molecule has 0 aromatic heterocycles. The lowest BCUT2D eigenvalue weighted by Crippen LogP contribution is -2.28. The third-order valence-electron chi connectivity index (χ3n) is 10.1. The van der Waals surface area contributed by atoms with E-state index in [2.05, 4.69) is 6.58 Å². The number of carboxylic acid groups (broad SMARTS) is 1. The Balaban J connectivity index is 1.13. The molecular formula is C34H54O7. The van der Waals surface area contributed by atoms with Gasteiger partial charge in [-0.2, -0.15) is 0 Å². The summed E-state index contributed by atoms with van der Waals surface area (Å²) in [6, 6.07) is 0. The fraction of sp³-hybridized carbons (Fsp3) is 0.853. The Morgan fingerprint density at radius 1 is 0.805 bits per heavy atom. The van der Waals surface area contributed by atoms with Crippen molar-refractivity contribution in [1.82, 2.24) is 0 Å². The van der Waals surface area contributed by atoms with Crippen LogP contribution < -0.4 is 0 Å². The lowest BCUT2D eigenvalue weighted by Gasteiger charge is -2.27. The van der Waals surface area contributed by atoms with Gasteiger partial charge >= 0.3 is 5.97 Å². The third kappa shape index (κ3) is 9.46. The fourth-order valence-corrected chi connectivity index (χ4v) is 7.61. The second kappa shape index (κ2) is 15.8. The van der Waals surface area contributed by atoms with Gasteiger partial charge in [-0.1, -0.05) is 69.9 Å². The molecule has 232 valence electrons. The Morgan fingerprint density at radius 3 is 2.17 bits per heavy atom. The molecule has 0 amide bonds. The minimum Gasteiger partial charge on any atom is -0.475 e. The number of allylic oxidation sites excluding steroid dienone is 1. The van der Waals surface area contributed by atoms with Crippen LogP contribution in [-0.4, -0.2) is 49.1 Å². The van der Waals surface area contributed by atoms with Crippen molar-refractivity contribution in [3.8, 4) is 0 Å². The Labute approximate surface area is 247 Å². The summed E-state index contributed by atoms with van der Waals surface area (Å²) in [5.41, 5.74) is 1.37. The van der Waals surface area contributed by atoms with Gasteiger partial charge in [-0.3, -0.25) is 0 Å². The van der Waals surface area contributed by atoms with Crippen molar-refractivity contribution in [2.45, 2.75) is 153 Å². The highest BCUT2D eigenvalue weighted by atomic mass is 16.7. The quantitative estimate of drug-likeness (QED) is 0.0696. The Bertz CT molecular complexity index is 866. The summed E-state index contributed by atoms with van der Waals surface area (Å²) in [5.74, 6) is 1.23. The van der Waals surface area contributed by atoms with Gasteiger partial charge in [-0.25, -0.2) is 4.79 Å². The normalized spacial score (nSPS) is 33.3. The van der Waals surface area contributed by atoms with Crippen LogP contribution in [-0.2, 0) is 28.5 Å². The molecule has 41 heavy (non-hydrogen) atoms. The van der Waals surface area contributed by atoms with E-state index in [1.165, 1.54) is 76.2 Å². The molecule has 6 atom stereocenters. The Morgan fingerprint density at radius 2 is 1.49 bits per heavy atom. The molecule has 3 heterocycles. The number of epoxide rings is 1. The van der Waals surface area contributed by atoms with E-state index in [1.54, 1.807) is 0 Å². The third-order valence-corrected chi connectivity index (χ3v) is 10.1. The molecule has 0 spiro atoms. The molecule has 7 nitrogen and oxygen atoms in total. The summed E-state index contributed by atoms with van der Waals surface area (Å²) in [5, 5.41) is 10.1. The van der Waals surface area contributed by atoms with E-state index < -0.39 is 18.5 Å². The number of aliphatic carboxylic acids is 1. The largest absolute Gasteiger partial charge is 0.475 e. The number of hydrogen-bond acceptors (Lipinski definition) is 6. The maximum Gasteiger partial charge on any atom is 0.374 e. The van der Waals surface area contributed by atoms with Crippen molar-refractivity contribution < 1.29 is 33.6 Å². The number of carboxylic acids is 1. The Kier molecular flexibility index (Phi) is 11.9. The first kappa shape index (κ1) is 30.9. The average molecular weight is 575 g/mol. The van der Waals surface area contributed by atoms with Crippen molar-refractivity contribution in [3.05, 3.63) is 23.7 Å². The molecule has 5 fully saturated rings. The maximum absolute atomic E-state index is 12.3. The highest BCUT2D eigenvalue weighted by molar-refractivity contribution is 5.84. The van der Waals surface area contributed by atoms with E-state index in [1.807, 2.05) is 0 Å². The van der Waals surface area contributed by atoms with Gasteiger partial charge in [0.1, 0.15) is 0 Å². The van der Waals surface area contributed by atoms with E-state index in [-0.39, 0.29) is 18.0 Å². The van der Waals surface area contributed by atoms with Gasteiger partial charge in [0.05, 0.1) is 25.4 Å². The number of ether oxygens (including phenoxy) is 5. The van der Waals surface area contributed by atoms with Crippen LogP contribution in [0.2, 0.25) is 0 Å². The molecule has 3 unspecified atom stereocenters. The van der Waals surface area contributed by atoms with Crippen LogP contribution in [0.4, 0.5) is 0 Å². The molecule has 0 radical (unpaired) electrons. The average Bonchev–Trinajstić information content (AvgIpc) is 3.64. The molecular weight excluding hydrogens is 520 g/mol. The molecule has 3 aliphatic heterocycles. The van der Waals surface area contributed by atoms with Crippen LogP contribution in [0.3, 0.4) is 0 Å². The van der Waals surface area contributed by atoms with Crippen molar-refractivity contribution in [2.75, 3.05) is 13.2 Å². The summed E-state index contributed by atoms with van der Waals surface area (Å²) in [6.45, 7) is 5.64. The van der Waals surface area contributed by atoms with Crippen molar-refractivity contribution in [3.63, 3.8) is 0 Å². The highest BCUT2D eigenvalue weighted by Crippen LogP contribution is 2.46. The summed E-state index contributed by atoms with van der Waals surface area (Å²) in [6.07, 6.45) is 22.1. The van der Waals surface area contributed by atoms with Crippen LogP contribution >= 0.6 is 0 Å². The molecule has 2 saturated carbocycles. The molecule has 0 aromatic rings. The van der Waals surface area contributed by atoms with Gasteiger partial charge in [0.15, 0.2) is 18.3 Å². The van der Waals surface area contributed by atoms with E-state index >= 15 is 0 Å². The zero-order valence-corrected chi connectivity index (χ0v) is 25.2. The first-order valence-corrected chi connectivity index (χ1v) is 16.9. The molecule has 5 rings (SSSR count). The van der Waals surface area contributed by atoms with Gasteiger partial charge in [0, 0.05) is 19.3 Å². The maximum atomic E-state index is 12.3. The van der Waals surface area contributed by atoms with Crippen molar-refractivity contribution in [2.24, 2.45) is 17.8 Å². The lowest BCUT2D eigenvalue weighted by atomic mass is 9.84. The van der Waals surface area contributed by atoms with Crippen LogP contribution in [0.5, 0.6) is 0 Å². The van der Waals surface area contributed by atoms with Crippen LogP contribution in [0.1, 0.15) is 128 Å². The number of unbranched alkanes of at least 4 members (excludes halogenated alkanes) is 2. The minimum atomic E-state index is -1.13. The molecule has 1 N–H and O–H groups in total. The zero-order chi connectivity index (χ0) is 28.4. The molecule has 0 aromatic carbocycles. The number of carbonyl (C=O) groups is 1. The molecule has 3 saturated heterocycles. The standard InChI is InChI=1S/C34H54O7/c1-24-18-19-26(15-7-3-6-14-25-12-4-2-5-13-25)27(24)22-28-29(39-28)23-30(40-31-16-8-10-20-37-31)33(34(35)36)41-32-17-9-11-21-38-32/h25-29,31-32H,1-23H2,(H,35,36)/t26-,27-,28+,29?,31?,32?/m0/s1. The van der Waals surface area contributed by atoms with Crippen LogP contribution in [0, 0.1) is 17.8 Å². The molecule has 7 heteroatoms. The Hall–Kier alpha value is -1.57. The molecule has 2 aliphatic carbocycles. The SMILES string of the molecule is C=C1CC[C@H](CCCCCC2CCCCC2)[C@H]1C[C@H]1OC1CC(OC1CCCCO1)=C(OC1CCCCO1)C(=O)O. The zero-order valence-electron chi connectivity index (χ0n) is 25.2. The topological polar surface area (TPSA) is 86.8 Å². The van der Waals surface area contributed by atoms with Gasteiger partial charge in [-0.15, -0.1) is 0 Å². The summed E-state index contributed by atoms with van der Waals surface area (Å²) >= 11 is 0. The van der Waals surface area contributed by atoms with E-state index in [9.17, 15) is 9.90 Å². The van der Waals surface area contributed by atoms with Gasteiger partial charge in [-0.05, 0) is 69.1 Å². The van der Waals surface area contributed by atoms with Crippen molar-refractivity contribution in [1.29, 1.82) is 0 Å². The second-order valence-electron chi connectivity index (χ2n) is 13.2. The monoisotopic (exact) mass is 574 g/mol. The first-order chi connectivity index (χ1) is 20.1. The summed E-state index contributed by atoms with van der Waals surface area (Å²) in [4.78, 5) is 12.3. The molecule has 0 bridgehead atoms. The van der Waals surface area contributed by atoms with Gasteiger partial charge < -0.3 is 28.8 Å². The van der Waals surface area contributed by atoms with E-state index in [0.29, 0.717) is 43.7 Å². The van der Waals surface area contributed by atoms with Gasteiger partial charge in [0.2, 0.25) is 5.76 Å². The smallest absolute Gasteiger partial charge is 0.374 e. The summed E-state index contributed by atoms with van der Waals surface area (Å²) < 4.78 is 29.7. The van der Waals surface area contributed by atoms with E-state index in [4.69, 9.17) is 23.7 Å². The predicted molar refractivity (Wildman–Crippen MR) is 157 cm³/mol. The number of rotatable bonds is 15. The highest BCUT2D eigenvalue weighted by Gasteiger charge is 2.45. The van der Waals surface area contributed by atoms with Crippen LogP contribution in [0.15, 0.2) is 23.7 Å². The fourth-order valence-electron chi connectivity index (χ4n) is 7.61. The minimum absolute atomic E-state index is 0.0663. The first-order valence-electron chi connectivity index (χ1n) is 16.9. The van der Waals surface area contributed by atoms with E-state index in [0.717, 1.165) is 50.9 Å². The van der Waals surface area contributed by atoms with Crippen LogP contribution in [0.25, 0.3) is 0 Å². The second-order valence-corrected chi connectivity index (χ2v) is 13.2.